The molecule has 0 spiro atoms. The average Bonchev–Trinajstić information content (AvgIpc) is 2.89. The molecule has 6 heteroatoms. The van der Waals surface area contributed by atoms with Crippen molar-refractivity contribution in [2.45, 2.75) is 64.8 Å². The van der Waals surface area contributed by atoms with E-state index in [2.05, 4.69) is 6.58 Å². The summed E-state index contributed by atoms with van der Waals surface area (Å²) in [7, 11) is 0. The van der Waals surface area contributed by atoms with Crippen LogP contribution in [0.3, 0.4) is 0 Å². The summed E-state index contributed by atoms with van der Waals surface area (Å²) in [5.41, 5.74) is 1.67. The van der Waals surface area contributed by atoms with Crippen molar-refractivity contribution < 1.29 is 29.3 Å². The van der Waals surface area contributed by atoms with Crippen LogP contribution in [0.4, 0.5) is 0 Å². The van der Waals surface area contributed by atoms with E-state index in [1.807, 2.05) is 19.9 Å². The number of hydrogen-bond donors (Lipinski definition) is 2. The molecule has 0 amide bonds. The van der Waals surface area contributed by atoms with Gasteiger partial charge in [0.15, 0.2) is 0 Å². The van der Waals surface area contributed by atoms with Crippen molar-refractivity contribution in [2.24, 2.45) is 11.8 Å². The summed E-state index contributed by atoms with van der Waals surface area (Å²) in [6.45, 7) is 9.28. The quantitative estimate of drug-likeness (QED) is 0.443. The van der Waals surface area contributed by atoms with Gasteiger partial charge in [-0.15, -0.1) is 0 Å². The first kappa shape index (κ1) is 21.4. The Morgan fingerprint density at radius 1 is 1.48 bits per heavy atom. The second kappa shape index (κ2) is 9.33. The van der Waals surface area contributed by atoms with E-state index >= 15 is 0 Å². The van der Waals surface area contributed by atoms with E-state index in [-0.39, 0.29) is 18.9 Å². The van der Waals surface area contributed by atoms with Crippen molar-refractivity contribution in [3.63, 3.8) is 0 Å². The number of ether oxygens (including phenoxy) is 2. The first-order chi connectivity index (χ1) is 12.8. The minimum atomic E-state index is -0.589. The predicted octanol–water partition coefficient (Wildman–Crippen LogP) is 2.45. The van der Waals surface area contributed by atoms with Crippen LogP contribution >= 0.6 is 0 Å². The summed E-state index contributed by atoms with van der Waals surface area (Å²) >= 11 is 0. The number of aliphatic hydroxyl groups excluding tert-OH is 2. The Kier molecular flexibility index (Phi) is 7.39. The van der Waals surface area contributed by atoms with Crippen LogP contribution in [-0.4, -0.2) is 47.1 Å². The van der Waals surface area contributed by atoms with Crippen LogP contribution in [0.1, 0.15) is 46.5 Å². The fraction of sp³-hybridized carbons (Fsp3) is 0.619. The van der Waals surface area contributed by atoms with Crippen LogP contribution in [0.2, 0.25) is 0 Å². The summed E-state index contributed by atoms with van der Waals surface area (Å²) in [5, 5.41) is 19.5. The molecule has 0 aromatic rings. The first-order valence-corrected chi connectivity index (χ1v) is 9.48. The SMILES string of the molecule is C=C1C(=O)OC2CC(C)C(O)CC=C(C)CC(OC(=O)C(=CC)CCO)C12. The van der Waals surface area contributed by atoms with Gasteiger partial charge in [0, 0.05) is 30.6 Å². The molecule has 2 rings (SSSR count). The molecule has 5 atom stereocenters. The van der Waals surface area contributed by atoms with Crippen LogP contribution < -0.4 is 0 Å². The average molecular weight is 378 g/mol. The van der Waals surface area contributed by atoms with Crippen LogP contribution in [0.25, 0.3) is 0 Å². The second-order valence-corrected chi connectivity index (χ2v) is 7.50. The number of fused-ring (bicyclic) bond motifs is 1. The molecule has 5 unspecified atom stereocenters. The number of carbonyl (C=O) groups excluding carboxylic acids is 2. The van der Waals surface area contributed by atoms with Crippen molar-refractivity contribution in [1.29, 1.82) is 0 Å². The highest BCUT2D eigenvalue weighted by atomic mass is 16.6. The highest BCUT2D eigenvalue weighted by Gasteiger charge is 2.46. The van der Waals surface area contributed by atoms with E-state index in [1.165, 1.54) is 0 Å². The van der Waals surface area contributed by atoms with Crippen molar-refractivity contribution in [3.05, 3.63) is 35.5 Å². The molecule has 0 bridgehead atoms. The molecule has 27 heavy (non-hydrogen) atoms. The molecule has 2 N–H and O–H groups in total. The lowest BCUT2D eigenvalue weighted by Gasteiger charge is -2.31. The molecular formula is C21H30O6. The third kappa shape index (κ3) is 5.08. The normalized spacial score (nSPS) is 32.4. The maximum absolute atomic E-state index is 12.6. The number of rotatable bonds is 4. The molecule has 2 aliphatic rings. The van der Waals surface area contributed by atoms with Gasteiger partial charge in [-0.25, -0.2) is 9.59 Å². The lowest BCUT2D eigenvalue weighted by atomic mass is 9.81. The molecule has 0 aromatic heterocycles. The summed E-state index contributed by atoms with van der Waals surface area (Å²) in [5.74, 6) is -1.50. The van der Waals surface area contributed by atoms with Crippen LogP contribution in [0.5, 0.6) is 0 Å². The molecule has 1 saturated heterocycles. The van der Waals surface area contributed by atoms with E-state index in [0.717, 1.165) is 5.57 Å². The maximum Gasteiger partial charge on any atom is 0.334 e. The fourth-order valence-electron chi connectivity index (χ4n) is 3.72. The zero-order chi connectivity index (χ0) is 20.1. The van der Waals surface area contributed by atoms with Gasteiger partial charge in [-0.3, -0.25) is 0 Å². The third-order valence-corrected chi connectivity index (χ3v) is 5.47. The summed E-state index contributed by atoms with van der Waals surface area (Å²) in [6, 6.07) is 0. The predicted molar refractivity (Wildman–Crippen MR) is 101 cm³/mol. The molecule has 0 saturated carbocycles. The van der Waals surface area contributed by atoms with Crippen molar-refractivity contribution in [1.82, 2.24) is 0 Å². The molecule has 1 heterocycles. The summed E-state index contributed by atoms with van der Waals surface area (Å²) < 4.78 is 11.3. The van der Waals surface area contributed by atoms with Crippen molar-refractivity contribution >= 4 is 11.9 Å². The monoisotopic (exact) mass is 378 g/mol. The van der Waals surface area contributed by atoms with Gasteiger partial charge in [-0.05, 0) is 32.6 Å². The smallest absolute Gasteiger partial charge is 0.334 e. The molecule has 1 aliphatic heterocycles. The molecule has 1 aliphatic carbocycles. The zero-order valence-electron chi connectivity index (χ0n) is 16.3. The summed E-state index contributed by atoms with van der Waals surface area (Å²) in [4.78, 5) is 24.7. The Morgan fingerprint density at radius 3 is 2.81 bits per heavy atom. The first-order valence-electron chi connectivity index (χ1n) is 9.48. The Labute approximate surface area is 160 Å². The van der Waals surface area contributed by atoms with E-state index in [1.54, 1.807) is 13.0 Å². The molecular weight excluding hydrogens is 348 g/mol. The molecule has 0 aromatic carbocycles. The Morgan fingerprint density at radius 2 is 2.19 bits per heavy atom. The molecule has 150 valence electrons. The van der Waals surface area contributed by atoms with Crippen molar-refractivity contribution in [3.8, 4) is 0 Å². The van der Waals surface area contributed by atoms with Gasteiger partial charge in [0.05, 0.1) is 12.0 Å². The van der Waals surface area contributed by atoms with E-state index in [0.29, 0.717) is 30.4 Å². The van der Waals surface area contributed by atoms with Crippen molar-refractivity contribution in [2.75, 3.05) is 6.61 Å². The third-order valence-electron chi connectivity index (χ3n) is 5.47. The Hall–Kier alpha value is -1.92. The van der Waals surface area contributed by atoms with Crippen LogP contribution in [0.15, 0.2) is 35.5 Å². The van der Waals surface area contributed by atoms with Crippen LogP contribution in [-0.2, 0) is 19.1 Å². The number of allylic oxidation sites excluding steroid dienone is 1. The lowest BCUT2D eigenvalue weighted by Crippen LogP contribution is -2.36. The van der Waals surface area contributed by atoms with E-state index < -0.39 is 36.2 Å². The Balaban J connectivity index is 2.34. The van der Waals surface area contributed by atoms with E-state index in [9.17, 15) is 14.7 Å². The standard InChI is InChI=1S/C21H30O6/c1-5-15(8-9-22)21(25)27-17-10-12(2)6-7-16(23)13(3)11-18-19(17)14(4)20(24)26-18/h5-6,13,16-19,22-23H,4,7-11H2,1-3H3. The largest absolute Gasteiger partial charge is 0.458 e. The van der Waals surface area contributed by atoms with Gasteiger partial charge < -0.3 is 19.7 Å². The van der Waals surface area contributed by atoms with Gasteiger partial charge in [0.25, 0.3) is 0 Å². The maximum atomic E-state index is 12.6. The minimum absolute atomic E-state index is 0.0739. The fourth-order valence-corrected chi connectivity index (χ4v) is 3.72. The Bertz CT molecular complexity index is 647. The number of aliphatic hydroxyl groups is 2. The topological polar surface area (TPSA) is 93.1 Å². The molecule has 0 radical (unpaired) electrons. The highest BCUT2D eigenvalue weighted by Crippen LogP contribution is 2.38. The number of carbonyl (C=O) groups is 2. The van der Waals surface area contributed by atoms with Gasteiger partial charge in [0.2, 0.25) is 0 Å². The lowest BCUT2D eigenvalue weighted by molar-refractivity contribution is -0.148. The highest BCUT2D eigenvalue weighted by molar-refractivity contribution is 5.91. The van der Waals surface area contributed by atoms with Gasteiger partial charge in [0.1, 0.15) is 12.2 Å². The zero-order valence-corrected chi connectivity index (χ0v) is 16.3. The second-order valence-electron chi connectivity index (χ2n) is 7.50. The number of hydrogen-bond acceptors (Lipinski definition) is 6. The summed E-state index contributed by atoms with van der Waals surface area (Å²) in [6.07, 6.45) is 3.61. The number of esters is 2. The minimum Gasteiger partial charge on any atom is -0.458 e. The van der Waals surface area contributed by atoms with Gasteiger partial charge in [-0.2, -0.15) is 0 Å². The van der Waals surface area contributed by atoms with E-state index in [4.69, 9.17) is 14.6 Å². The molecule has 6 nitrogen and oxygen atoms in total. The molecule has 1 fully saturated rings. The van der Waals surface area contributed by atoms with Crippen LogP contribution in [0, 0.1) is 11.8 Å². The van der Waals surface area contributed by atoms with Gasteiger partial charge >= 0.3 is 11.9 Å². The van der Waals surface area contributed by atoms with Gasteiger partial charge in [-0.1, -0.05) is 31.2 Å².